The number of hydrogen-bond acceptors (Lipinski definition) is 5. The van der Waals surface area contributed by atoms with Crippen LogP contribution in [0, 0.1) is 0 Å². The number of para-hydroxylation sites is 1. The Morgan fingerprint density at radius 3 is 2.60 bits per heavy atom. The van der Waals surface area contributed by atoms with Gasteiger partial charge in [0.05, 0.1) is 5.39 Å². The molecule has 1 saturated heterocycles. The number of hydrogen-bond donors (Lipinski definition) is 0. The monoisotopic (exact) mass is 343 g/mol. The number of rotatable bonds is 3. The van der Waals surface area contributed by atoms with Gasteiger partial charge in [-0.05, 0) is 45.2 Å². The average molecular weight is 343 g/mol. The highest BCUT2D eigenvalue weighted by Crippen LogP contribution is 2.22. The Bertz CT molecular complexity index is 846. The number of nitrogens with zero attached hydrogens (tertiary/aromatic N) is 1. The summed E-state index contributed by atoms with van der Waals surface area (Å²) in [5, 5.41) is 0.395. The van der Waals surface area contributed by atoms with Gasteiger partial charge >= 0.3 is 5.97 Å². The molecule has 0 radical (unpaired) electrons. The molecule has 25 heavy (non-hydrogen) atoms. The maximum atomic E-state index is 12.4. The predicted octanol–water partition coefficient (Wildman–Crippen LogP) is 2.74. The third-order valence-electron chi connectivity index (χ3n) is 4.64. The summed E-state index contributed by atoms with van der Waals surface area (Å²) in [4.78, 5) is 38.4. The van der Waals surface area contributed by atoms with Crippen molar-refractivity contribution in [2.45, 2.75) is 45.2 Å². The van der Waals surface area contributed by atoms with E-state index < -0.39 is 5.97 Å². The van der Waals surface area contributed by atoms with E-state index in [0.717, 1.165) is 25.3 Å². The third-order valence-corrected chi connectivity index (χ3v) is 4.64. The molecule has 1 amide bonds. The van der Waals surface area contributed by atoms with E-state index in [0.29, 0.717) is 11.0 Å². The number of fused-ring (bicyclic) bond motifs is 1. The molecule has 2 heterocycles. The zero-order chi connectivity index (χ0) is 18.0. The molecule has 1 aliphatic rings. The van der Waals surface area contributed by atoms with Crippen molar-refractivity contribution in [3.05, 3.63) is 46.3 Å². The van der Waals surface area contributed by atoms with E-state index in [2.05, 4.69) is 0 Å². The molecular formula is C19H21NO5. The molecule has 1 aromatic heterocycles. The van der Waals surface area contributed by atoms with Crippen LogP contribution in [0.15, 0.2) is 39.5 Å². The number of likely N-dealkylation sites (tertiary alicyclic amines) is 1. The van der Waals surface area contributed by atoms with Gasteiger partial charge in [-0.25, -0.2) is 4.79 Å². The molecule has 0 aliphatic carbocycles. The van der Waals surface area contributed by atoms with Crippen molar-refractivity contribution in [2.24, 2.45) is 0 Å². The van der Waals surface area contributed by atoms with Gasteiger partial charge in [0.2, 0.25) is 5.76 Å². The molecule has 0 unspecified atom stereocenters. The first kappa shape index (κ1) is 17.2. The third kappa shape index (κ3) is 3.57. The van der Waals surface area contributed by atoms with E-state index in [9.17, 15) is 14.4 Å². The number of piperidine rings is 1. The second-order valence-electron chi connectivity index (χ2n) is 6.48. The summed E-state index contributed by atoms with van der Waals surface area (Å²) in [6.45, 7) is 3.64. The highest BCUT2D eigenvalue weighted by molar-refractivity contribution is 5.90. The molecule has 2 aromatic rings. The SMILES string of the molecule is C[C@H]1CCC[C@H](C)N1C(=O)COC(=O)c1cc(=O)c2ccccc2o1. The van der Waals surface area contributed by atoms with E-state index in [-0.39, 0.29) is 35.8 Å². The summed E-state index contributed by atoms with van der Waals surface area (Å²) in [5.74, 6) is -1.24. The highest BCUT2D eigenvalue weighted by atomic mass is 16.5. The van der Waals surface area contributed by atoms with E-state index in [1.807, 2.05) is 13.8 Å². The summed E-state index contributed by atoms with van der Waals surface area (Å²) in [6.07, 6.45) is 2.99. The van der Waals surface area contributed by atoms with Gasteiger partial charge in [0.25, 0.3) is 5.91 Å². The second-order valence-corrected chi connectivity index (χ2v) is 6.48. The van der Waals surface area contributed by atoms with Crippen molar-refractivity contribution in [3.63, 3.8) is 0 Å². The van der Waals surface area contributed by atoms with Crippen LogP contribution in [0.25, 0.3) is 11.0 Å². The Morgan fingerprint density at radius 2 is 1.88 bits per heavy atom. The van der Waals surface area contributed by atoms with Crippen LogP contribution in [0.3, 0.4) is 0 Å². The molecule has 2 atom stereocenters. The van der Waals surface area contributed by atoms with Gasteiger partial charge in [-0.3, -0.25) is 9.59 Å². The molecule has 6 heteroatoms. The molecule has 0 saturated carbocycles. The van der Waals surface area contributed by atoms with E-state index in [1.54, 1.807) is 29.2 Å². The van der Waals surface area contributed by atoms with Crippen LogP contribution >= 0.6 is 0 Å². The van der Waals surface area contributed by atoms with E-state index in [4.69, 9.17) is 9.15 Å². The molecular weight excluding hydrogens is 322 g/mol. The summed E-state index contributed by atoms with van der Waals surface area (Å²) < 4.78 is 10.5. The Morgan fingerprint density at radius 1 is 1.20 bits per heavy atom. The van der Waals surface area contributed by atoms with Crippen LogP contribution in [0.5, 0.6) is 0 Å². The predicted molar refractivity (Wildman–Crippen MR) is 92.4 cm³/mol. The summed E-state index contributed by atoms with van der Waals surface area (Å²) in [5.41, 5.74) is -0.00930. The highest BCUT2D eigenvalue weighted by Gasteiger charge is 2.29. The lowest BCUT2D eigenvalue weighted by Gasteiger charge is -2.38. The molecule has 6 nitrogen and oxygen atoms in total. The minimum Gasteiger partial charge on any atom is -0.450 e. The van der Waals surface area contributed by atoms with Crippen LogP contribution in [0.1, 0.15) is 43.7 Å². The number of esters is 1. The standard InChI is InChI=1S/C19H21NO5/c1-12-6-5-7-13(2)20(12)18(22)11-24-19(23)17-10-15(21)14-8-3-4-9-16(14)25-17/h3-4,8-10,12-13H,5-7,11H2,1-2H3/t12-,13-/m0/s1. The summed E-state index contributed by atoms with van der Waals surface area (Å²) in [7, 11) is 0. The van der Waals surface area contributed by atoms with Gasteiger partial charge in [-0.1, -0.05) is 12.1 Å². The molecule has 1 fully saturated rings. The lowest BCUT2D eigenvalue weighted by Crippen LogP contribution is -2.49. The van der Waals surface area contributed by atoms with Gasteiger partial charge in [0.1, 0.15) is 5.58 Å². The lowest BCUT2D eigenvalue weighted by molar-refractivity contribution is -0.140. The maximum Gasteiger partial charge on any atom is 0.374 e. The Labute approximate surface area is 145 Å². The van der Waals surface area contributed by atoms with Crippen molar-refractivity contribution < 1.29 is 18.7 Å². The van der Waals surface area contributed by atoms with Crippen LogP contribution in [0.2, 0.25) is 0 Å². The van der Waals surface area contributed by atoms with Gasteiger partial charge in [0.15, 0.2) is 12.0 Å². The Kier molecular flexibility index (Phi) is 4.88. The number of benzene rings is 1. The van der Waals surface area contributed by atoms with Crippen molar-refractivity contribution >= 4 is 22.8 Å². The Hall–Kier alpha value is -2.63. The van der Waals surface area contributed by atoms with Crippen molar-refractivity contribution in [1.82, 2.24) is 4.90 Å². The largest absolute Gasteiger partial charge is 0.450 e. The topological polar surface area (TPSA) is 76.8 Å². The fraction of sp³-hybridized carbons (Fsp3) is 0.421. The first-order chi connectivity index (χ1) is 12.0. The molecule has 0 N–H and O–H groups in total. The fourth-order valence-corrected chi connectivity index (χ4v) is 3.39. The zero-order valence-electron chi connectivity index (χ0n) is 14.4. The van der Waals surface area contributed by atoms with Gasteiger partial charge in [0, 0.05) is 18.2 Å². The molecule has 132 valence electrons. The fourth-order valence-electron chi connectivity index (χ4n) is 3.39. The number of ether oxygens (including phenoxy) is 1. The number of carbonyl (C=O) groups excluding carboxylic acids is 2. The molecule has 1 aliphatic heterocycles. The lowest BCUT2D eigenvalue weighted by atomic mass is 9.97. The van der Waals surface area contributed by atoms with Crippen molar-refractivity contribution in [3.8, 4) is 0 Å². The van der Waals surface area contributed by atoms with Gasteiger partial charge in [-0.15, -0.1) is 0 Å². The van der Waals surface area contributed by atoms with E-state index >= 15 is 0 Å². The van der Waals surface area contributed by atoms with Crippen LogP contribution in [-0.4, -0.2) is 35.5 Å². The van der Waals surface area contributed by atoms with Crippen LogP contribution < -0.4 is 5.43 Å². The van der Waals surface area contributed by atoms with Crippen LogP contribution in [-0.2, 0) is 9.53 Å². The van der Waals surface area contributed by atoms with Gasteiger partial charge in [-0.2, -0.15) is 0 Å². The smallest absolute Gasteiger partial charge is 0.374 e. The number of amides is 1. The summed E-state index contributed by atoms with van der Waals surface area (Å²) >= 11 is 0. The molecule has 0 bridgehead atoms. The summed E-state index contributed by atoms with van der Waals surface area (Å²) in [6, 6.07) is 8.03. The van der Waals surface area contributed by atoms with Crippen LogP contribution in [0.4, 0.5) is 0 Å². The first-order valence-corrected chi connectivity index (χ1v) is 8.48. The minimum atomic E-state index is -0.812. The maximum absolute atomic E-state index is 12.4. The quantitative estimate of drug-likeness (QED) is 0.801. The minimum absolute atomic E-state index is 0.133. The molecule has 0 spiro atoms. The zero-order valence-corrected chi connectivity index (χ0v) is 14.4. The average Bonchev–Trinajstić information content (AvgIpc) is 2.59. The van der Waals surface area contributed by atoms with Gasteiger partial charge < -0.3 is 14.1 Å². The normalized spacial score (nSPS) is 20.5. The Balaban J connectivity index is 1.70. The molecule has 1 aromatic carbocycles. The first-order valence-electron chi connectivity index (χ1n) is 8.48. The van der Waals surface area contributed by atoms with Crippen molar-refractivity contribution in [2.75, 3.05) is 6.61 Å². The van der Waals surface area contributed by atoms with Crippen molar-refractivity contribution in [1.29, 1.82) is 0 Å². The van der Waals surface area contributed by atoms with E-state index in [1.165, 1.54) is 0 Å². The number of carbonyl (C=O) groups is 2. The molecule has 3 rings (SSSR count). The second kappa shape index (κ2) is 7.09.